The standard InChI is InChI=1S/C27H34N4O8/c1-5-31(6-2)11-16(32)29-15-8-7-12-9-13-10-14-20(30(3)4)23(35)19(26(28)38)25(37)27(14,39)24(36)18(13)22(34)17(12)21(15)33/h7-8,13-14,20,33,35-36,39H,5-6,9-11H2,1-4H3,(H2,28,38)(H,29,32)/t13?,14?,20-,27-/m0/s1. The van der Waals surface area contributed by atoms with E-state index in [1.165, 1.54) is 11.0 Å². The van der Waals surface area contributed by atoms with Crippen LogP contribution in [-0.4, -0.2) is 99.0 Å². The molecule has 4 atom stereocenters. The van der Waals surface area contributed by atoms with Crippen LogP contribution in [0.1, 0.15) is 36.2 Å². The smallest absolute Gasteiger partial charge is 0.255 e. The fourth-order valence-corrected chi connectivity index (χ4v) is 6.17. The molecule has 0 fully saturated rings. The molecule has 0 saturated heterocycles. The van der Waals surface area contributed by atoms with E-state index in [-0.39, 0.29) is 42.1 Å². The number of ketones is 2. The zero-order valence-electron chi connectivity index (χ0n) is 22.3. The van der Waals surface area contributed by atoms with Gasteiger partial charge >= 0.3 is 0 Å². The first kappa shape index (κ1) is 28.3. The maximum atomic E-state index is 13.7. The summed E-state index contributed by atoms with van der Waals surface area (Å²) in [5.74, 6) is -7.55. The number of phenols is 1. The van der Waals surface area contributed by atoms with Crippen LogP contribution < -0.4 is 11.1 Å². The number of Topliss-reactive ketones (excluding diaryl/α,β-unsaturated/α-hetero) is 2. The molecular formula is C27H34N4O8. The summed E-state index contributed by atoms with van der Waals surface area (Å²) in [6, 6.07) is 2.05. The molecule has 0 saturated carbocycles. The highest BCUT2D eigenvalue weighted by molar-refractivity contribution is 6.25. The van der Waals surface area contributed by atoms with Crippen molar-refractivity contribution in [3.8, 4) is 5.75 Å². The lowest BCUT2D eigenvalue weighted by molar-refractivity contribution is -0.148. The van der Waals surface area contributed by atoms with E-state index in [1.807, 2.05) is 18.7 Å². The van der Waals surface area contributed by atoms with Crippen molar-refractivity contribution in [3.63, 3.8) is 0 Å². The van der Waals surface area contributed by atoms with Crippen molar-refractivity contribution in [1.29, 1.82) is 0 Å². The van der Waals surface area contributed by atoms with Crippen LogP contribution in [0.25, 0.3) is 0 Å². The Bertz CT molecular complexity index is 1330. The molecule has 3 aliphatic rings. The van der Waals surface area contributed by atoms with Crippen molar-refractivity contribution in [1.82, 2.24) is 9.80 Å². The minimum Gasteiger partial charge on any atom is -0.510 e. The molecular weight excluding hydrogens is 508 g/mol. The van der Waals surface area contributed by atoms with Crippen molar-refractivity contribution in [2.24, 2.45) is 17.6 Å². The lowest BCUT2D eigenvalue weighted by atomic mass is 9.58. The molecule has 39 heavy (non-hydrogen) atoms. The number of hydrogen-bond donors (Lipinski definition) is 6. The highest BCUT2D eigenvalue weighted by Crippen LogP contribution is 2.52. The zero-order valence-corrected chi connectivity index (χ0v) is 22.3. The van der Waals surface area contributed by atoms with Crippen molar-refractivity contribution in [2.75, 3.05) is 39.0 Å². The lowest BCUT2D eigenvalue weighted by Gasteiger charge is -2.50. The zero-order chi connectivity index (χ0) is 29.0. The number of carbonyl (C=O) groups excluding carboxylic acids is 4. The van der Waals surface area contributed by atoms with Gasteiger partial charge in [0.1, 0.15) is 17.1 Å². The first-order chi connectivity index (χ1) is 18.3. The normalized spacial score (nSPS) is 26.5. The van der Waals surface area contributed by atoms with E-state index in [2.05, 4.69) is 5.32 Å². The molecule has 0 bridgehead atoms. The predicted molar refractivity (Wildman–Crippen MR) is 140 cm³/mol. The Kier molecular flexibility index (Phi) is 7.32. The number of primary amides is 1. The van der Waals surface area contributed by atoms with Crippen LogP contribution in [0, 0.1) is 11.8 Å². The third-order valence-electron chi connectivity index (χ3n) is 8.13. The van der Waals surface area contributed by atoms with Gasteiger partial charge in [-0.05, 0) is 57.6 Å². The summed E-state index contributed by atoms with van der Waals surface area (Å²) in [5, 5.41) is 47.4. The number of amides is 2. The number of aliphatic hydroxyl groups is 3. The molecule has 12 nitrogen and oxygen atoms in total. The van der Waals surface area contributed by atoms with E-state index in [9.17, 15) is 39.6 Å². The van der Waals surface area contributed by atoms with Crippen LogP contribution in [0.15, 0.2) is 34.8 Å². The molecule has 0 heterocycles. The van der Waals surface area contributed by atoms with Gasteiger partial charge in [0.15, 0.2) is 17.1 Å². The Balaban J connectivity index is 1.79. The monoisotopic (exact) mass is 542 g/mol. The highest BCUT2D eigenvalue weighted by atomic mass is 16.3. The van der Waals surface area contributed by atoms with Crippen molar-refractivity contribution in [2.45, 2.75) is 38.3 Å². The molecule has 0 aliphatic heterocycles. The van der Waals surface area contributed by atoms with E-state index in [1.54, 1.807) is 20.2 Å². The number of nitrogens with one attached hydrogen (secondary N) is 1. The number of nitrogens with two attached hydrogens (primary N) is 1. The van der Waals surface area contributed by atoms with Crippen molar-refractivity contribution >= 4 is 29.1 Å². The van der Waals surface area contributed by atoms with E-state index in [0.29, 0.717) is 18.7 Å². The molecule has 2 unspecified atom stereocenters. The van der Waals surface area contributed by atoms with E-state index < -0.39 is 63.8 Å². The molecule has 0 aromatic heterocycles. The molecule has 3 aliphatic carbocycles. The summed E-state index contributed by atoms with van der Waals surface area (Å²) < 4.78 is 0. The predicted octanol–water partition coefficient (Wildman–Crippen LogP) is 0.401. The summed E-state index contributed by atoms with van der Waals surface area (Å²) in [6.45, 7) is 5.20. The van der Waals surface area contributed by atoms with Gasteiger partial charge in [-0.25, -0.2) is 0 Å². The number of allylic oxidation sites excluding steroid dienone is 1. The van der Waals surface area contributed by atoms with Crippen LogP contribution in [0.2, 0.25) is 0 Å². The van der Waals surface area contributed by atoms with Crippen LogP contribution >= 0.6 is 0 Å². The van der Waals surface area contributed by atoms with Gasteiger partial charge < -0.3 is 31.5 Å². The fraction of sp³-hybridized carbons (Fsp3) is 0.481. The first-order valence-electron chi connectivity index (χ1n) is 12.8. The van der Waals surface area contributed by atoms with Gasteiger partial charge in [-0.15, -0.1) is 0 Å². The Labute approximate surface area is 225 Å². The summed E-state index contributed by atoms with van der Waals surface area (Å²) in [7, 11) is 3.14. The molecule has 12 heteroatoms. The number of carbonyl (C=O) groups is 4. The number of likely N-dealkylation sites (N-methyl/N-ethyl adjacent to an activating group) is 2. The van der Waals surface area contributed by atoms with E-state index in [4.69, 9.17) is 5.73 Å². The van der Waals surface area contributed by atoms with Crippen LogP contribution in [-0.2, 0) is 20.8 Å². The third-order valence-corrected chi connectivity index (χ3v) is 8.13. The lowest BCUT2D eigenvalue weighted by Crippen LogP contribution is -2.63. The quantitative estimate of drug-likeness (QED) is 0.207. The SMILES string of the molecule is CCN(CC)CC(=O)Nc1ccc2c(c1O)C(=O)C1=C(O)[C@]3(O)C(=O)C(C(N)=O)=C(O)[C@@H](N(C)C)C3CC1C2. The molecule has 1 aromatic carbocycles. The number of nitrogens with zero attached hydrogens (tertiary/aromatic N) is 2. The van der Waals surface area contributed by atoms with Gasteiger partial charge in [0, 0.05) is 11.5 Å². The number of aliphatic hydroxyl groups excluding tert-OH is 2. The molecule has 4 rings (SSSR count). The molecule has 0 spiro atoms. The van der Waals surface area contributed by atoms with Gasteiger partial charge in [0.2, 0.25) is 11.7 Å². The maximum absolute atomic E-state index is 13.7. The number of fused-ring (bicyclic) bond motifs is 3. The first-order valence-corrected chi connectivity index (χ1v) is 12.8. The molecule has 7 N–H and O–H groups in total. The highest BCUT2D eigenvalue weighted by Gasteiger charge is 2.63. The topological polar surface area (TPSA) is 194 Å². The second-order valence-electron chi connectivity index (χ2n) is 10.5. The number of aromatic hydroxyl groups is 1. The van der Waals surface area contributed by atoms with Gasteiger partial charge in [-0.2, -0.15) is 0 Å². The average Bonchev–Trinajstić information content (AvgIpc) is 2.86. The largest absolute Gasteiger partial charge is 0.510 e. The van der Waals surface area contributed by atoms with Crippen molar-refractivity contribution in [3.05, 3.63) is 45.9 Å². The molecule has 2 amide bonds. The van der Waals surface area contributed by atoms with Crippen LogP contribution in [0.3, 0.4) is 0 Å². The summed E-state index contributed by atoms with van der Waals surface area (Å²) in [6.07, 6.45) is 0.185. The van der Waals surface area contributed by atoms with E-state index in [0.717, 1.165) is 0 Å². The molecule has 210 valence electrons. The number of benzene rings is 1. The van der Waals surface area contributed by atoms with Gasteiger partial charge in [0.05, 0.1) is 23.8 Å². The molecule has 1 aromatic rings. The average molecular weight is 543 g/mol. The third kappa shape index (κ3) is 4.28. The second-order valence-corrected chi connectivity index (χ2v) is 10.5. The Hall–Kier alpha value is -3.74. The fourth-order valence-electron chi connectivity index (χ4n) is 6.17. The summed E-state index contributed by atoms with van der Waals surface area (Å²) in [5.41, 5.74) is 1.85. The number of phenolic OH excluding ortho intramolecular Hbond substituents is 1. The second kappa shape index (κ2) is 10.1. The van der Waals surface area contributed by atoms with E-state index >= 15 is 0 Å². The number of hydrogen-bond acceptors (Lipinski definition) is 10. The summed E-state index contributed by atoms with van der Waals surface area (Å²) >= 11 is 0. The minimum atomic E-state index is -2.70. The van der Waals surface area contributed by atoms with Gasteiger partial charge in [-0.1, -0.05) is 19.9 Å². The number of rotatable bonds is 7. The minimum absolute atomic E-state index is 0.00881. The van der Waals surface area contributed by atoms with Crippen LogP contribution in [0.5, 0.6) is 5.75 Å². The Morgan fingerprint density at radius 3 is 2.33 bits per heavy atom. The number of anilines is 1. The van der Waals surface area contributed by atoms with Crippen LogP contribution in [0.4, 0.5) is 5.69 Å². The van der Waals surface area contributed by atoms with Gasteiger partial charge in [0.25, 0.3) is 5.91 Å². The maximum Gasteiger partial charge on any atom is 0.255 e. The van der Waals surface area contributed by atoms with Crippen molar-refractivity contribution < 1.29 is 39.6 Å². The van der Waals surface area contributed by atoms with Gasteiger partial charge in [-0.3, -0.25) is 29.0 Å². The molecule has 0 radical (unpaired) electrons. The Morgan fingerprint density at radius 1 is 1.13 bits per heavy atom. The Morgan fingerprint density at radius 2 is 1.77 bits per heavy atom. The summed E-state index contributed by atoms with van der Waals surface area (Å²) in [4.78, 5) is 55.0.